The van der Waals surface area contributed by atoms with Gasteiger partial charge in [-0.15, -0.1) is 0 Å². The van der Waals surface area contributed by atoms with E-state index in [4.69, 9.17) is 9.52 Å². The summed E-state index contributed by atoms with van der Waals surface area (Å²) in [6.07, 6.45) is 3.23. The lowest BCUT2D eigenvalue weighted by Crippen LogP contribution is -2.41. The van der Waals surface area contributed by atoms with E-state index in [0.29, 0.717) is 6.54 Å². The highest BCUT2D eigenvalue weighted by Crippen LogP contribution is 2.13. The molecule has 0 aliphatic rings. The average Bonchev–Trinajstić information content (AvgIpc) is 2.54. The molecule has 1 atom stereocenters. The summed E-state index contributed by atoms with van der Waals surface area (Å²) in [6.45, 7) is 4.40. The summed E-state index contributed by atoms with van der Waals surface area (Å²) in [6, 6.07) is 1.38. The number of furan rings is 1. The zero-order valence-corrected chi connectivity index (χ0v) is 9.30. The fraction of sp³-hybridized carbons (Fsp3) is 0.545. The minimum Gasteiger partial charge on any atom is -0.480 e. The number of hydrogen-bond donors (Lipinski definition) is 1. The van der Waals surface area contributed by atoms with Crippen LogP contribution in [0.15, 0.2) is 23.0 Å². The molecule has 0 radical (unpaired) electrons. The SMILES string of the molecule is CC(C)C(C(=O)O)N(C)Cc1ccoc1. The van der Waals surface area contributed by atoms with Crippen LogP contribution in [0.4, 0.5) is 0 Å². The van der Waals surface area contributed by atoms with Crippen LogP contribution in [0.25, 0.3) is 0 Å². The summed E-state index contributed by atoms with van der Waals surface area (Å²) in [4.78, 5) is 12.9. The van der Waals surface area contributed by atoms with Gasteiger partial charge in [0.1, 0.15) is 6.04 Å². The molecule has 1 aromatic heterocycles. The highest BCUT2D eigenvalue weighted by atomic mass is 16.4. The molecular formula is C11H17NO3. The van der Waals surface area contributed by atoms with Gasteiger partial charge < -0.3 is 9.52 Å². The fourth-order valence-corrected chi connectivity index (χ4v) is 1.75. The fourth-order valence-electron chi connectivity index (χ4n) is 1.75. The first-order chi connectivity index (χ1) is 7.02. The normalized spacial score (nSPS) is 13.4. The summed E-state index contributed by atoms with van der Waals surface area (Å²) in [5.41, 5.74) is 0.990. The standard InChI is InChI=1S/C11H17NO3/c1-8(2)10(11(13)14)12(3)6-9-4-5-15-7-9/h4-5,7-8,10H,6H2,1-3H3,(H,13,14). The molecule has 1 heterocycles. The number of rotatable bonds is 5. The Hall–Kier alpha value is -1.29. The van der Waals surface area contributed by atoms with E-state index < -0.39 is 12.0 Å². The van der Waals surface area contributed by atoms with Crippen molar-refractivity contribution in [3.8, 4) is 0 Å². The molecule has 15 heavy (non-hydrogen) atoms. The van der Waals surface area contributed by atoms with Crippen LogP contribution in [0.3, 0.4) is 0 Å². The molecular weight excluding hydrogens is 194 g/mol. The van der Waals surface area contributed by atoms with Crippen molar-refractivity contribution in [2.75, 3.05) is 7.05 Å². The summed E-state index contributed by atoms with van der Waals surface area (Å²) in [5.74, 6) is -0.699. The monoisotopic (exact) mass is 211 g/mol. The van der Waals surface area contributed by atoms with Crippen molar-refractivity contribution in [1.82, 2.24) is 4.90 Å². The van der Waals surface area contributed by atoms with Gasteiger partial charge in [-0.25, -0.2) is 0 Å². The Balaban J connectivity index is 2.65. The molecule has 0 amide bonds. The molecule has 0 aromatic carbocycles. The van der Waals surface area contributed by atoms with Gasteiger partial charge in [0.15, 0.2) is 0 Å². The smallest absolute Gasteiger partial charge is 0.321 e. The maximum Gasteiger partial charge on any atom is 0.321 e. The summed E-state index contributed by atoms with van der Waals surface area (Å²) in [7, 11) is 1.81. The summed E-state index contributed by atoms with van der Waals surface area (Å²) in [5, 5.41) is 9.08. The van der Waals surface area contributed by atoms with Crippen LogP contribution >= 0.6 is 0 Å². The maximum atomic E-state index is 11.0. The highest BCUT2D eigenvalue weighted by Gasteiger charge is 2.25. The van der Waals surface area contributed by atoms with Gasteiger partial charge in [-0.2, -0.15) is 0 Å². The lowest BCUT2D eigenvalue weighted by atomic mass is 10.0. The molecule has 0 spiro atoms. The Morgan fingerprint density at radius 3 is 2.67 bits per heavy atom. The van der Waals surface area contributed by atoms with Crippen molar-refractivity contribution in [3.63, 3.8) is 0 Å². The van der Waals surface area contributed by atoms with Gasteiger partial charge in [0.25, 0.3) is 0 Å². The molecule has 0 saturated heterocycles. The van der Waals surface area contributed by atoms with Crippen LogP contribution in [-0.2, 0) is 11.3 Å². The van der Waals surface area contributed by atoms with Gasteiger partial charge in [0.2, 0.25) is 0 Å². The van der Waals surface area contributed by atoms with Gasteiger partial charge in [-0.05, 0) is 19.0 Å². The van der Waals surface area contributed by atoms with E-state index in [2.05, 4.69) is 0 Å². The van der Waals surface area contributed by atoms with Crippen LogP contribution in [0.5, 0.6) is 0 Å². The predicted octanol–water partition coefficient (Wildman–Crippen LogP) is 1.82. The summed E-state index contributed by atoms with van der Waals surface area (Å²) < 4.78 is 4.94. The van der Waals surface area contributed by atoms with Crippen LogP contribution < -0.4 is 0 Å². The molecule has 1 unspecified atom stereocenters. The van der Waals surface area contributed by atoms with Gasteiger partial charge >= 0.3 is 5.97 Å². The Bertz CT molecular complexity index is 306. The predicted molar refractivity (Wildman–Crippen MR) is 56.4 cm³/mol. The molecule has 1 rings (SSSR count). The average molecular weight is 211 g/mol. The van der Waals surface area contributed by atoms with Crippen molar-refractivity contribution < 1.29 is 14.3 Å². The van der Waals surface area contributed by atoms with Gasteiger partial charge in [0.05, 0.1) is 12.5 Å². The minimum absolute atomic E-state index is 0.0828. The van der Waals surface area contributed by atoms with Crippen molar-refractivity contribution >= 4 is 5.97 Å². The third-order valence-corrected chi connectivity index (χ3v) is 2.37. The third-order valence-electron chi connectivity index (χ3n) is 2.37. The molecule has 84 valence electrons. The second-order valence-corrected chi connectivity index (χ2v) is 4.07. The second-order valence-electron chi connectivity index (χ2n) is 4.07. The van der Waals surface area contributed by atoms with Crippen molar-refractivity contribution in [2.24, 2.45) is 5.92 Å². The molecule has 1 N–H and O–H groups in total. The number of hydrogen-bond acceptors (Lipinski definition) is 3. The number of carboxylic acids is 1. The quantitative estimate of drug-likeness (QED) is 0.807. The number of nitrogens with zero attached hydrogens (tertiary/aromatic N) is 1. The van der Waals surface area contributed by atoms with Gasteiger partial charge in [0, 0.05) is 12.1 Å². The maximum absolute atomic E-state index is 11.0. The van der Waals surface area contributed by atoms with E-state index in [1.807, 2.05) is 31.9 Å². The van der Waals surface area contributed by atoms with Crippen molar-refractivity contribution in [3.05, 3.63) is 24.2 Å². The lowest BCUT2D eigenvalue weighted by Gasteiger charge is -2.26. The molecule has 0 aliphatic carbocycles. The van der Waals surface area contributed by atoms with Crippen molar-refractivity contribution in [2.45, 2.75) is 26.4 Å². The Labute approximate surface area is 89.5 Å². The Morgan fingerprint density at radius 1 is 1.60 bits per heavy atom. The van der Waals surface area contributed by atoms with Gasteiger partial charge in [-0.3, -0.25) is 9.69 Å². The molecule has 1 aromatic rings. The molecule has 0 saturated carbocycles. The Kier molecular flexibility index (Phi) is 3.91. The second kappa shape index (κ2) is 4.98. The van der Waals surface area contributed by atoms with E-state index >= 15 is 0 Å². The van der Waals surface area contributed by atoms with Crippen LogP contribution in [0.2, 0.25) is 0 Å². The van der Waals surface area contributed by atoms with Crippen molar-refractivity contribution in [1.29, 1.82) is 0 Å². The third kappa shape index (κ3) is 3.09. The number of carboxylic acid groups (broad SMARTS) is 1. The first-order valence-corrected chi connectivity index (χ1v) is 4.96. The summed E-state index contributed by atoms with van der Waals surface area (Å²) >= 11 is 0. The number of likely N-dealkylation sites (N-methyl/N-ethyl adjacent to an activating group) is 1. The van der Waals surface area contributed by atoms with E-state index in [0.717, 1.165) is 5.56 Å². The Morgan fingerprint density at radius 2 is 2.27 bits per heavy atom. The van der Waals surface area contributed by atoms with E-state index in [1.54, 1.807) is 12.5 Å². The van der Waals surface area contributed by atoms with Crippen LogP contribution in [-0.4, -0.2) is 29.1 Å². The lowest BCUT2D eigenvalue weighted by molar-refractivity contribution is -0.144. The molecule has 0 aliphatic heterocycles. The first kappa shape index (κ1) is 11.8. The van der Waals surface area contributed by atoms with Gasteiger partial charge in [-0.1, -0.05) is 13.8 Å². The van der Waals surface area contributed by atoms with Crippen LogP contribution in [0, 0.1) is 5.92 Å². The van der Waals surface area contributed by atoms with E-state index in [1.165, 1.54) is 0 Å². The molecule has 4 heteroatoms. The van der Waals surface area contributed by atoms with E-state index in [9.17, 15) is 4.79 Å². The largest absolute Gasteiger partial charge is 0.480 e. The first-order valence-electron chi connectivity index (χ1n) is 4.96. The molecule has 0 bridgehead atoms. The zero-order valence-electron chi connectivity index (χ0n) is 9.30. The minimum atomic E-state index is -0.781. The molecule has 0 fully saturated rings. The van der Waals surface area contributed by atoms with E-state index in [-0.39, 0.29) is 5.92 Å². The molecule has 4 nitrogen and oxygen atoms in total. The zero-order chi connectivity index (χ0) is 11.4. The van der Waals surface area contributed by atoms with Crippen LogP contribution in [0.1, 0.15) is 19.4 Å². The number of carbonyl (C=O) groups is 1. The topological polar surface area (TPSA) is 53.7 Å². The highest BCUT2D eigenvalue weighted by molar-refractivity contribution is 5.73. The number of aliphatic carboxylic acids is 1.